The third-order valence-electron chi connectivity index (χ3n) is 5.06. The van der Waals surface area contributed by atoms with E-state index in [0.29, 0.717) is 17.9 Å². The van der Waals surface area contributed by atoms with E-state index in [9.17, 15) is 9.90 Å². The summed E-state index contributed by atoms with van der Waals surface area (Å²) in [5.41, 5.74) is 1.43. The molecule has 2 N–H and O–H groups in total. The summed E-state index contributed by atoms with van der Waals surface area (Å²) in [5.74, 6) is 0.956. The molecular weight excluding hydrogens is 332 g/mol. The molecule has 5 rings (SSSR count). The Bertz CT molecular complexity index is 1010. The van der Waals surface area contributed by atoms with Gasteiger partial charge in [0.25, 0.3) is 0 Å². The van der Waals surface area contributed by atoms with Crippen molar-refractivity contribution in [3.63, 3.8) is 0 Å². The molecule has 0 amide bonds. The number of hydrogen-bond acceptors (Lipinski definition) is 6. The molecule has 3 atom stereocenters. The number of fused-ring (bicyclic) bond motifs is 2. The summed E-state index contributed by atoms with van der Waals surface area (Å²) in [6.45, 7) is 0. The molecule has 0 fully saturated rings. The fraction of sp³-hybridized carbons (Fsp3) is 0.211. The number of anilines is 1. The van der Waals surface area contributed by atoms with Crippen molar-refractivity contribution in [1.29, 1.82) is 0 Å². The third-order valence-corrected chi connectivity index (χ3v) is 5.06. The molecule has 0 bridgehead atoms. The van der Waals surface area contributed by atoms with Crippen molar-refractivity contribution in [3.05, 3.63) is 72.1 Å². The molecule has 2 aliphatic rings. The normalized spacial score (nSPS) is 24.4. The van der Waals surface area contributed by atoms with E-state index in [0.717, 1.165) is 11.5 Å². The number of hydrogen-bond donors (Lipinski definition) is 2. The average Bonchev–Trinajstić information content (AvgIpc) is 3.32. The zero-order chi connectivity index (χ0) is 17.7. The highest BCUT2D eigenvalue weighted by Crippen LogP contribution is 2.45. The number of phenols is 1. The van der Waals surface area contributed by atoms with Gasteiger partial charge in [-0.1, -0.05) is 24.3 Å². The number of Topliss-reactive ketones (excluding diaryl/α,β-unsaturated/α-hetero) is 1. The van der Waals surface area contributed by atoms with Crippen LogP contribution in [0.25, 0.3) is 0 Å². The Morgan fingerprint density at radius 1 is 1.23 bits per heavy atom. The second-order valence-electron chi connectivity index (χ2n) is 6.55. The molecule has 3 heterocycles. The Morgan fingerprint density at radius 2 is 2.12 bits per heavy atom. The zero-order valence-corrected chi connectivity index (χ0v) is 13.7. The number of phenolic OH excluding ortho intramolecular Hbond substituents is 1. The lowest BCUT2D eigenvalue weighted by Gasteiger charge is -2.37. The smallest absolute Gasteiger partial charge is 0.226 e. The van der Waals surface area contributed by atoms with Crippen molar-refractivity contribution in [3.8, 4) is 5.75 Å². The molecule has 130 valence electrons. The summed E-state index contributed by atoms with van der Waals surface area (Å²) < 4.78 is 7.16. The van der Waals surface area contributed by atoms with E-state index in [2.05, 4.69) is 15.4 Å². The number of ketones is 1. The number of furan rings is 1. The van der Waals surface area contributed by atoms with E-state index in [-0.39, 0.29) is 17.5 Å². The number of aromatic hydroxyl groups is 1. The fourth-order valence-corrected chi connectivity index (χ4v) is 3.91. The van der Waals surface area contributed by atoms with Crippen molar-refractivity contribution < 1.29 is 14.3 Å². The van der Waals surface area contributed by atoms with Gasteiger partial charge in [-0.15, -0.1) is 0 Å². The SMILES string of the molecule is O=C1C[C@@H](c2ccco2)C=C2Nc3ncnn3[C@H](c3ccccc3O)[C@@H]12. The van der Waals surface area contributed by atoms with Crippen LogP contribution in [0.5, 0.6) is 5.75 Å². The Morgan fingerprint density at radius 3 is 2.92 bits per heavy atom. The lowest BCUT2D eigenvalue weighted by molar-refractivity contribution is -0.123. The monoisotopic (exact) mass is 348 g/mol. The second kappa shape index (κ2) is 5.59. The summed E-state index contributed by atoms with van der Waals surface area (Å²) in [5, 5.41) is 17.9. The van der Waals surface area contributed by atoms with Gasteiger partial charge in [-0.3, -0.25) is 4.79 Å². The number of allylic oxidation sites excluding steroid dienone is 2. The number of carbonyl (C=O) groups is 1. The van der Waals surface area contributed by atoms with Gasteiger partial charge in [0, 0.05) is 23.6 Å². The first kappa shape index (κ1) is 14.9. The zero-order valence-electron chi connectivity index (χ0n) is 13.7. The number of carbonyl (C=O) groups excluding carboxylic acids is 1. The van der Waals surface area contributed by atoms with Crippen LogP contribution in [0, 0.1) is 5.92 Å². The van der Waals surface area contributed by atoms with E-state index in [1.54, 1.807) is 23.1 Å². The first-order valence-corrected chi connectivity index (χ1v) is 8.44. The molecule has 3 aromatic rings. The highest BCUT2D eigenvalue weighted by atomic mass is 16.3. The van der Waals surface area contributed by atoms with E-state index in [1.807, 2.05) is 30.3 Å². The van der Waals surface area contributed by atoms with Gasteiger partial charge in [-0.25, -0.2) is 4.68 Å². The minimum atomic E-state index is -0.455. The fourth-order valence-electron chi connectivity index (χ4n) is 3.91. The topological polar surface area (TPSA) is 93.2 Å². The van der Waals surface area contributed by atoms with Gasteiger partial charge in [0.2, 0.25) is 5.95 Å². The summed E-state index contributed by atoms with van der Waals surface area (Å²) in [7, 11) is 0. The standard InChI is InChI=1S/C19H16N4O3/c24-14-5-2-1-4-12(14)18-17-13(22-19-20-10-21-23(18)19)8-11(9-15(17)25)16-6-3-7-26-16/h1-8,10-11,17-18,24H,9H2,(H,20,21,22)/t11-,17+,18+/m0/s1. The third kappa shape index (κ3) is 2.17. The van der Waals surface area contributed by atoms with Crippen LogP contribution in [0.2, 0.25) is 0 Å². The maximum atomic E-state index is 13.1. The first-order chi connectivity index (χ1) is 12.7. The lowest BCUT2D eigenvalue weighted by atomic mass is 9.76. The van der Waals surface area contributed by atoms with Gasteiger partial charge >= 0.3 is 0 Å². The maximum Gasteiger partial charge on any atom is 0.226 e. The predicted octanol–water partition coefficient (Wildman–Crippen LogP) is 2.85. The first-order valence-electron chi connectivity index (χ1n) is 8.44. The molecule has 1 aliphatic carbocycles. The van der Waals surface area contributed by atoms with Crippen LogP contribution in [0.3, 0.4) is 0 Å². The predicted molar refractivity (Wildman–Crippen MR) is 92.5 cm³/mol. The van der Waals surface area contributed by atoms with Crippen LogP contribution in [0.1, 0.15) is 29.7 Å². The molecule has 2 aromatic heterocycles. The Kier molecular flexibility index (Phi) is 3.21. The van der Waals surface area contributed by atoms with Crippen LogP contribution in [-0.2, 0) is 4.79 Å². The molecule has 0 saturated carbocycles. The molecule has 26 heavy (non-hydrogen) atoms. The number of aromatic nitrogens is 3. The van der Waals surface area contributed by atoms with Crippen LogP contribution in [0.4, 0.5) is 5.95 Å². The van der Waals surface area contributed by atoms with Crippen LogP contribution in [-0.4, -0.2) is 25.7 Å². The highest BCUT2D eigenvalue weighted by Gasteiger charge is 2.44. The Balaban J connectivity index is 1.66. The number of benzene rings is 1. The van der Waals surface area contributed by atoms with E-state index in [1.165, 1.54) is 6.33 Å². The molecular formula is C19H16N4O3. The molecule has 0 radical (unpaired) electrons. The van der Waals surface area contributed by atoms with E-state index >= 15 is 0 Å². The minimum Gasteiger partial charge on any atom is -0.508 e. The number of rotatable bonds is 2. The summed E-state index contributed by atoms with van der Waals surface area (Å²) in [4.78, 5) is 17.3. The van der Waals surface area contributed by atoms with Crippen molar-refractivity contribution in [2.75, 3.05) is 5.32 Å². The molecule has 0 unspecified atom stereocenters. The molecule has 7 heteroatoms. The van der Waals surface area contributed by atoms with Crippen molar-refractivity contribution in [2.45, 2.75) is 18.4 Å². The van der Waals surface area contributed by atoms with Crippen molar-refractivity contribution in [2.24, 2.45) is 5.92 Å². The van der Waals surface area contributed by atoms with E-state index in [4.69, 9.17) is 4.42 Å². The van der Waals surface area contributed by atoms with Crippen molar-refractivity contribution in [1.82, 2.24) is 14.8 Å². The quantitative estimate of drug-likeness (QED) is 0.740. The van der Waals surface area contributed by atoms with Gasteiger partial charge in [0.05, 0.1) is 18.2 Å². The maximum absolute atomic E-state index is 13.1. The molecule has 1 aliphatic heterocycles. The number of nitrogens with zero attached hydrogens (tertiary/aromatic N) is 3. The largest absolute Gasteiger partial charge is 0.508 e. The summed E-state index contributed by atoms with van der Waals surface area (Å²) in [6.07, 6.45) is 5.43. The van der Waals surface area contributed by atoms with Gasteiger partial charge in [0.15, 0.2) is 0 Å². The van der Waals surface area contributed by atoms with Gasteiger partial charge in [-0.05, 0) is 18.2 Å². The van der Waals surface area contributed by atoms with Gasteiger partial charge < -0.3 is 14.8 Å². The number of nitrogens with one attached hydrogen (secondary N) is 1. The highest BCUT2D eigenvalue weighted by molar-refractivity contribution is 5.88. The summed E-state index contributed by atoms with van der Waals surface area (Å²) in [6, 6.07) is 10.3. The van der Waals surface area contributed by atoms with Crippen molar-refractivity contribution >= 4 is 11.7 Å². The number of para-hydroxylation sites is 1. The van der Waals surface area contributed by atoms with Crippen LogP contribution < -0.4 is 5.32 Å². The second-order valence-corrected chi connectivity index (χ2v) is 6.55. The molecule has 0 saturated heterocycles. The average molecular weight is 348 g/mol. The van der Waals surface area contributed by atoms with E-state index < -0.39 is 12.0 Å². The molecule has 7 nitrogen and oxygen atoms in total. The van der Waals surface area contributed by atoms with Gasteiger partial charge in [0.1, 0.15) is 23.6 Å². The Labute approximate surface area is 149 Å². The minimum absolute atomic E-state index is 0.0748. The lowest BCUT2D eigenvalue weighted by Crippen LogP contribution is -2.40. The molecule has 0 spiro atoms. The Hall–Kier alpha value is -3.35. The van der Waals surface area contributed by atoms with Gasteiger partial charge in [-0.2, -0.15) is 10.1 Å². The molecule has 1 aromatic carbocycles. The van der Waals surface area contributed by atoms with Crippen LogP contribution >= 0.6 is 0 Å². The summed E-state index contributed by atoms with van der Waals surface area (Å²) >= 11 is 0. The van der Waals surface area contributed by atoms with Crippen LogP contribution in [0.15, 0.2) is 65.2 Å².